The number of nitrogens with one attached hydrogen (secondary N) is 1. The Bertz CT molecular complexity index is 446. The van der Waals surface area contributed by atoms with Crippen LogP contribution in [0.1, 0.15) is 51.1 Å². The molecule has 0 aliphatic heterocycles. The molecule has 0 spiro atoms. The molecule has 2 nitrogen and oxygen atoms in total. The molecule has 2 saturated carbocycles. The Balaban J connectivity index is 1.70. The largest absolute Gasteiger partial charge is 0.313 e. The lowest BCUT2D eigenvalue weighted by Crippen LogP contribution is -2.43. The molecule has 1 N–H and O–H groups in total. The Morgan fingerprint density at radius 2 is 1.81 bits per heavy atom. The molecule has 2 heteroatoms. The topological polar surface area (TPSA) is 15.3 Å². The predicted molar refractivity (Wildman–Crippen MR) is 89.3 cm³/mol. The van der Waals surface area contributed by atoms with Crippen LogP contribution >= 0.6 is 0 Å². The van der Waals surface area contributed by atoms with E-state index in [-0.39, 0.29) is 5.41 Å². The Morgan fingerprint density at radius 3 is 2.33 bits per heavy atom. The lowest BCUT2D eigenvalue weighted by molar-refractivity contribution is 0.129. The van der Waals surface area contributed by atoms with Gasteiger partial charge >= 0.3 is 0 Å². The maximum Gasteiger partial charge on any atom is 0.0381 e. The second kappa shape index (κ2) is 6.10. The van der Waals surface area contributed by atoms with Gasteiger partial charge in [0, 0.05) is 25.2 Å². The molecule has 2 aliphatic rings. The molecule has 2 fully saturated rings. The minimum Gasteiger partial charge on any atom is -0.313 e. The number of hydrogen-bond acceptors (Lipinski definition) is 2. The van der Waals surface area contributed by atoms with E-state index in [0.717, 1.165) is 12.0 Å². The quantitative estimate of drug-likeness (QED) is 0.781. The molecule has 0 aromatic heterocycles. The Labute approximate surface area is 129 Å². The van der Waals surface area contributed by atoms with Crippen molar-refractivity contribution in [1.82, 2.24) is 10.2 Å². The van der Waals surface area contributed by atoms with E-state index in [2.05, 4.69) is 61.4 Å². The van der Waals surface area contributed by atoms with E-state index in [1.807, 2.05) is 0 Å². The van der Waals surface area contributed by atoms with Gasteiger partial charge in [-0.25, -0.2) is 0 Å². The summed E-state index contributed by atoms with van der Waals surface area (Å²) in [5, 5.41) is 3.57. The summed E-state index contributed by atoms with van der Waals surface area (Å²) in [6.07, 6.45) is 5.74. The fraction of sp³-hybridized carbons (Fsp3) is 0.684. The average molecular weight is 286 g/mol. The number of nitrogens with zero attached hydrogens (tertiary/aromatic N) is 1. The van der Waals surface area contributed by atoms with E-state index in [1.165, 1.54) is 44.3 Å². The molecule has 1 aromatic rings. The second-order valence-electron chi connectivity index (χ2n) is 7.72. The molecule has 0 radical (unpaired) electrons. The van der Waals surface area contributed by atoms with Crippen LogP contribution in [0.3, 0.4) is 0 Å². The summed E-state index contributed by atoms with van der Waals surface area (Å²) in [5.74, 6) is 0.992. The van der Waals surface area contributed by atoms with E-state index in [0.29, 0.717) is 6.04 Å². The number of benzene rings is 1. The van der Waals surface area contributed by atoms with Gasteiger partial charge in [0.1, 0.15) is 0 Å². The van der Waals surface area contributed by atoms with E-state index in [4.69, 9.17) is 0 Å². The van der Waals surface area contributed by atoms with E-state index in [9.17, 15) is 0 Å². The minimum atomic E-state index is 0.244. The van der Waals surface area contributed by atoms with Gasteiger partial charge in [0.2, 0.25) is 0 Å². The second-order valence-corrected chi connectivity index (χ2v) is 7.72. The lowest BCUT2D eigenvalue weighted by atomic mass is 9.79. The zero-order valence-corrected chi connectivity index (χ0v) is 13.8. The first-order valence-corrected chi connectivity index (χ1v) is 8.56. The average Bonchev–Trinajstić information content (AvgIpc) is 3.33. The van der Waals surface area contributed by atoms with Gasteiger partial charge < -0.3 is 5.32 Å². The third-order valence-corrected chi connectivity index (χ3v) is 5.07. The van der Waals surface area contributed by atoms with Gasteiger partial charge in [-0.2, -0.15) is 0 Å². The molecule has 3 rings (SSSR count). The predicted octanol–water partition coefficient (Wildman–Crippen LogP) is 3.85. The van der Waals surface area contributed by atoms with Gasteiger partial charge in [0.25, 0.3) is 0 Å². The van der Waals surface area contributed by atoms with Crippen LogP contribution in [0.25, 0.3) is 0 Å². The highest BCUT2D eigenvalue weighted by Gasteiger charge is 2.39. The van der Waals surface area contributed by atoms with Gasteiger partial charge in [-0.1, -0.05) is 44.2 Å². The highest BCUT2D eigenvalue weighted by atomic mass is 15.2. The van der Waals surface area contributed by atoms with Crippen molar-refractivity contribution in [3.8, 4) is 0 Å². The summed E-state index contributed by atoms with van der Waals surface area (Å²) in [7, 11) is 2.10. The third kappa shape index (κ3) is 3.87. The van der Waals surface area contributed by atoms with Crippen LogP contribution in [-0.2, 0) is 0 Å². The van der Waals surface area contributed by atoms with E-state index < -0.39 is 0 Å². The first-order valence-electron chi connectivity index (χ1n) is 8.56. The standard InChI is InChI=1S/C19H30N2/c1-19(2,18(20-3)16-7-5-4-6-8-16)14-21(17-11-12-17)13-15-9-10-15/h4-8,15,17-18,20H,9-14H2,1-3H3. The van der Waals surface area contributed by atoms with Crippen LogP contribution in [0.2, 0.25) is 0 Å². The fourth-order valence-electron chi connectivity index (χ4n) is 3.68. The van der Waals surface area contributed by atoms with Crippen LogP contribution in [0.5, 0.6) is 0 Å². The lowest BCUT2D eigenvalue weighted by Gasteiger charge is -2.39. The SMILES string of the molecule is CNC(c1ccccc1)C(C)(C)CN(CC1CC1)C1CC1. The maximum atomic E-state index is 3.57. The molecule has 21 heavy (non-hydrogen) atoms. The zero-order valence-electron chi connectivity index (χ0n) is 13.8. The minimum absolute atomic E-state index is 0.244. The van der Waals surface area contributed by atoms with Gasteiger partial charge in [-0.3, -0.25) is 4.90 Å². The molecule has 2 aliphatic carbocycles. The highest BCUT2D eigenvalue weighted by molar-refractivity contribution is 5.21. The van der Waals surface area contributed by atoms with Gasteiger partial charge in [-0.05, 0) is 49.6 Å². The number of rotatable bonds is 8. The third-order valence-electron chi connectivity index (χ3n) is 5.07. The first kappa shape index (κ1) is 15.1. The molecule has 0 heterocycles. The van der Waals surface area contributed by atoms with Gasteiger partial charge in [0.05, 0.1) is 0 Å². The molecular formula is C19H30N2. The van der Waals surface area contributed by atoms with Crippen LogP contribution < -0.4 is 5.32 Å². The van der Waals surface area contributed by atoms with Gasteiger partial charge in [0.15, 0.2) is 0 Å². The maximum absolute atomic E-state index is 3.57. The molecule has 0 amide bonds. The van der Waals surface area contributed by atoms with Crippen molar-refractivity contribution in [2.45, 2.75) is 51.6 Å². The van der Waals surface area contributed by atoms with Crippen molar-refractivity contribution in [2.75, 3.05) is 20.1 Å². The number of hydrogen-bond donors (Lipinski definition) is 1. The van der Waals surface area contributed by atoms with Crippen LogP contribution in [0, 0.1) is 11.3 Å². The summed E-state index contributed by atoms with van der Waals surface area (Å²) >= 11 is 0. The summed E-state index contributed by atoms with van der Waals surface area (Å²) in [6.45, 7) is 7.38. The fourth-order valence-corrected chi connectivity index (χ4v) is 3.68. The molecule has 0 bridgehead atoms. The van der Waals surface area contributed by atoms with E-state index in [1.54, 1.807) is 0 Å². The molecular weight excluding hydrogens is 256 g/mol. The Kier molecular flexibility index (Phi) is 4.37. The summed E-state index contributed by atoms with van der Waals surface area (Å²) in [5.41, 5.74) is 1.65. The Morgan fingerprint density at radius 1 is 1.14 bits per heavy atom. The molecule has 1 aromatic carbocycles. The Hall–Kier alpha value is -0.860. The molecule has 1 unspecified atom stereocenters. The zero-order chi connectivity index (χ0) is 14.9. The van der Waals surface area contributed by atoms with Crippen LogP contribution in [-0.4, -0.2) is 31.1 Å². The van der Waals surface area contributed by atoms with E-state index >= 15 is 0 Å². The van der Waals surface area contributed by atoms with Crippen molar-refractivity contribution in [2.24, 2.45) is 11.3 Å². The van der Waals surface area contributed by atoms with Crippen molar-refractivity contribution >= 4 is 0 Å². The van der Waals surface area contributed by atoms with Crippen molar-refractivity contribution in [1.29, 1.82) is 0 Å². The van der Waals surface area contributed by atoms with Crippen molar-refractivity contribution < 1.29 is 0 Å². The molecule has 0 saturated heterocycles. The highest BCUT2D eigenvalue weighted by Crippen LogP contribution is 2.40. The summed E-state index contributed by atoms with van der Waals surface area (Å²) < 4.78 is 0. The van der Waals surface area contributed by atoms with Gasteiger partial charge in [-0.15, -0.1) is 0 Å². The molecule has 1 atom stereocenters. The van der Waals surface area contributed by atoms with Crippen LogP contribution in [0.4, 0.5) is 0 Å². The smallest absolute Gasteiger partial charge is 0.0381 e. The van der Waals surface area contributed by atoms with Crippen molar-refractivity contribution in [3.05, 3.63) is 35.9 Å². The first-order chi connectivity index (χ1) is 10.1. The normalized spacial score (nSPS) is 20.8. The van der Waals surface area contributed by atoms with Crippen molar-refractivity contribution in [3.63, 3.8) is 0 Å². The molecule has 116 valence electrons. The summed E-state index contributed by atoms with van der Waals surface area (Å²) in [6, 6.07) is 12.2. The monoisotopic (exact) mass is 286 g/mol. The summed E-state index contributed by atoms with van der Waals surface area (Å²) in [4.78, 5) is 2.78. The van der Waals surface area contributed by atoms with Crippen LogP contribution in [0.15, 0.2) is 30.3 Å².